The molecule has 27 heavy (non-hydrogen) atoms. The normalized spacial score (nSPS) is 30.1. The summed E-state index contributed by atoms with van der Waals surface area (Å²) in [6.45, 7) is 0. The minimum absolute atomic E-state index is 0.188. The van der Waals surface area contributed by atoms with Crippen LogP contribution in [0.3, 0.4) is 0 Å². The number of benzene rings is 2. The van der Waals surface area contributed by atoms with Crippen molar-refractivity contribution in [2.45, 2.75) is 75.5 Å². The topological polar surface area (TPSA) is 17.1 Å². The maximum absolute atomic E-state index is 13.2. The van der Waals surface area contributed by atoms with E-state index in [1.54, 1.807) is 0 Å². The van der Waals surface area contributed by atoms with Crippen LogP contribution in [0.4, 0.5) is 0 Å². The van der Waals surface area contributed by atoms with E-state index < -0.39 is 0 Å². The number of aryl methyl sites for hydroxylation is 1. The van der Waals surface area contributed by atoms with Gasteiger partial charge in [-0.3, -0.25) is 4.79 Å². The van der Waals surface area contributed by atoms with E-state index in [9.17, 15) is 4.79 Å². The summed E-state index contributed by atoms with van der Waals surface area (Å²) in [6.07, 6.45) is 14.2. The van der Waals surface area contributed by atoms with Crippen molar-refractivity contribution in [3.8, 4) is 0 Å². The lowest BCUT2D eigenvalue weighted by molar-refractivity contribution is -0.126. The van der Waals surface area contributed by atoms with Crippen LogP contribution in [-0.4, -0.2) is 5.78 Å². The number of allylic oxidation sites excluding steroid dienone is 2. The first-order valence-electron chi connectivity index (χ1n) is 11.0. The number of rotatable bonds is 1. The summed E-state index contributed by atoms with van der Waals surface area (Å²) in [7, 11) is 0. The Labute approximate surface area is 161 Å². The molecule has 0 heterocycles. The number of hydrogen-bond donors (Lipinski definition) is 0. The third kappa shape index (κ3) is 2.27. The fourth-order valence-electron chi connectivity index (χ4n) is 6.75. The molecule has 0 N–H and O–H groups in total. The monoisotopic (exact) mass is 356 g/mol. The molecule has 2 unspecified atom stereocenters. The van der Waals surface area contributed by atoms with Crippen molar-refractivity contribution in [2.24, 2.45) is 5.92 Å². The Morgan fingerprint density at radius 1 is 0.926 bits per heavy atom. The number of carbonyl (C=O) groups excluding carboxylic acids is 1. The minimum atomic E-state index is -0.188. The van der Waals surface area contributed by atoms with E-state index in [-0.39, 0.29) is 5.41 Å². The standard InChI is InChI=1S/C26H28O/c27-25-11-9-21-13-20-8-7-19(18-4-2-1-3-5-18)14-22(20)15-24(21)26(25)16-17-6-10-23(26)12-17/h6-8,13-15,18,23H,1-5,9-12,16H2. The second-order valence-corrected chi connectivity index (χ2v) is 9.52. The molecule has 4 aliphatic rings. The smallest absolute Gasteiger partial charge is 0.144 e. The number of Topliss-reactive ketones (excluding diaryl/α,β-unsaturated/α-hetero) is 1. The molecule has 2 atom stereocenters. The Hall–Kier alpha value is -1.89. The highest BCUT2D eigenvalue weighted by atomic mass is 16.1. The predicted octanol–water partition coefficient (Wildman–Crippen LogP) is 6.38. The number of fused-ring (bicyclic) bond motifs is 6. The molecule has 2 aromatic carbocycles. The lowest BCUT2D eigenvalue weighted by Gasteiger charge is -2.40. The number of carbonyl (C=O) groups is 1. The van der Waals surface area contributed by atoms with Crippen molar-refractivity contribution in [3.05, 3.63) is 58.7 Å². The molecule has 2 aromatic rings. The quantitative estimate of drug-likeness (QED) is 0.542. The van der Waals surface area contributed by atoms with Crippen molar-refractivity contribution in [2.75, 3.05) is 0 Å². The Morgan fingerprint density at radius 2 is 1.81 bits per heavy atom. The fraction of sp³-hybridized carbons (Fsp3) is 0.500. The van der Waals surface area contributed by atoms with Crippen molar-refractivity contribution in [1.82, 2.24) is 0 Å². The molecule has 2 saturated carbocycles. The first-order valence-corrected chi connectivity index (χ1v) is 11.0. The Bertz CT molecular complexity index is 975. The average Bonchev–Trinajstić information content (AvgIpc) is 3.33. The summed E-state index contributed by atoms with van der Waals surface area (Å²) in [5.74, 6) is 1.78. The first kappa shape index (κ1) is 16.1. The van der Waals surface area contributed by atoms with Gasteiger partial charge in [0.15, 0.2) is 0 Å². The molecule has 2 bridgehead atoms. The van der Waals surface area contributed by atoms with Crippen LogP contribution in [0.1, 0.15) is 80.4 Å². The van der Waals surface area contributed by atoms with Crippen molar-refractivity contribution >= 4 is 16.6 Å². The van der Waals surface area contributed by atoms with E-state index in [0.717, 1.165) is 38.0 Å². The summed E-state index contributed by atoms with van der Waals surface area (Å²) in [5, 5.41) is 2.72. The highest BCUT2D eigenvalue weighted by Crippen LogP contribution is 2.57. The molecule has 0 radical (unpaired) electrons. The summed E-state index contributed by atoms with van der Waals surface area (Å²) in [6, 6.07) is 12.0. The van der Waals surface area contributed by atoms with Crippen LogP contribution < -0.4 is 0 Å². The molecule has 1 heteroatoms. The molecule has 0 aliphatic heterocycles. The van der Waals surface area contributed by atoms with Gasteiger partial charge in [0, 0.05) is 6.42 Å². The summed E-state index contributed by atoms with van der Waals surface area (Å²) in [4.78, 5) is 13.2. The summed E-state index contributed by atoms with van der Waals surface area (Å²) >= 11 is 0. The van der Waals surface area contributed by atoms with Crippen LogP contribution in [0.2, 0.25) is 0 Å². The second kappa shape index (κ2) is 5.80. The van der Waals surface area contributed by atoms with Crippen molar-refractivity contribution in [3.63, 3.8) is 0 Å². The van der Waals surface area contributed by atoms with E-state index in [4.69, 9.17) is 0 Å². The van der Waals surface area contributed by atoms with Crippen LogP contribution in [-0.2, 0) is 16.6 Å². The highest BCUT2D eigenvalue weighted by Gasteiger charge is 2.55. The fourth-order valence-corrected chi connectivity index (χ4v) is 6.75. The lowest BCUT2D eigenvalue weighted by atomic mass is 9.61. The van der Waals surface area contributed by atoms with Gasteiger partial charge in [0.2, 0.25) is 0 Å². The molecule has 1 nitrogen and oxygen atoms in total. The third-order valence-corrected chi connectivity index (χ3v) is 8.16. The molecule has 0 saturated heterocycles. The van der Waals surface area contributed by atoms with Gasteiger partial charge in [-0.25, -0.2) is 0 Å². The molecule has 1 spiro atoms. The zero-order valence-electron chi connectivity index (χ0n) is 16.1. The molecule has 138 valence electrons. The molecule has 6 rings (SSSR count). The summed E-state index contributed by atoms with van der Waals surface area (Å²) < 4.78 is 0. The van der Waals surface area contributed by atoms with Gasteiger partial charge in [0.1, 0.15) is 5.78 Å². The Balaban J connectivity index is 1.50. The van der Waals surface area contributed by atoms with Gasteiger partial charge in [-0.15, -0.1) is 0 Å². The van der Waals surface area contributed by atoms with Crippen LogP contribution in [0.25, 0.3) is 10.8 Å². The number of hydrogen-bond acceptors (Lipinski definition) is 1. The maximum Gasteiger partial charge on any atom is 0.144 e. The van der Waals surface area contributed by atoms with Gasteiger partial charge in [-0.1, -0.05) is 55.2 Å². The van der Waals surface area contributed by atoms with Gasteiger partial charge in [-0.05, 0) is 83.9 Å². The molecule has 0 amide bonds. The van der Waals surface area contributed by atoms with Gasteiger partial charge in [-0.2, -0.15) is 0 Å². The van der Waals surface area contributed by atoms with Crippen molar-refractivity contribution < 1.29 is 4.79 Å². The largest absolute Gasteiger partial charge is 0.299 e. The first-order chi connectivity index (χ1) is 13.2. The Kier molecular flexibility index (Phi) is 3.46. The van der Waals surface area contributed by atoms with Crippen LogP contribution in [0.5, 0.6) is 0 Å². The third-order valence-electron chi connectivity index (χ3n) is 8.16. The van der Waals surface area contributed by atoms with E-state index in [2.05, 4.69) is 36.4 Å². The summed E-state index contributed by atoms with van der Waals surface area (Å²) in [5.41, 5.74) is 5.71. The van der Waals surface area contributed by atoms with E-state index in [1.165, 1.54) is 65.1 Å². The predicted molar refractivity (Wildman–Crippen MR) is 110 cm³/mol. The molecular weight excluding hydrogens is 328 g/mol. The van der Waals surface area contributed by atoms with Crippen LogP contribution in [0, 0.1) is 5.92 Å². The SMILES string of the molecule is O=C1CCc2cc3ccc(C4CCCCC4)cc3cc2C12CC1=CCC2C1. The average molecular weight is 357 g/mol. The highest BCUT2D eigenvalue weighted by molar-refractivity contribution is 5.96. The lowest BCUT2D eigenvalue weighted by Crippen LogP contribution is -2.43. The molecule has 0 aromatic heterocycles. The molecule has 4 aliphatic carbocycles. The number of ketones is 1. The minimum Gasteiger partial charge on any atom is -0.299 e. The zero-order valence-corrected chi connectivity index (χ0v) is 16.1. The van der Waals surface area contributed by atoms with Gasteiger partial charge >= 0.3 is 0 Å². The zero-order chi connectivity index (χ0) is 18.0. The maximum atomic E-state index is 13.2. The molecule has 2 fully saturated rings. The van der Waals surface area contributed by atoms with Crippen LogP contribution in [0.15, 0.2) is 42.0 Å². The van der Waals surface area contributed by atoms with Crippen molar-refractivity contribution in [1.29, 1.82) is 0 Å². The van der Waals surface area contributed by atoms with E-state index >= 15 is 0 Å². The van der Waals surface area contributed by atoms with Gasteiger partial charge < -0.3 is 0 Å². The van der Waals surface area contributed by atoms with Crippen LogP contribution >= 0.6 is 0 Å². The van der Waals surface area contributed by atoms with E-state index in [1.807, 2.05) is 0 Å². The van der Waals surface area contributed by atoms with Gasteiger partial charge in [0.25, 0.3) is 0 Å². The molecular formula is C26H28O. The second-order valence-electron chi connectivity index (χ2n) is 9.52. The Morgan fingerprint density at radius 3 is 2.59 bits per heavy atom. The van der Waals surface area contributed by atoms with Gasteiger partial charge in [0.05, 0.1) is 5.41 Å². The van der Waals surface area contributed by atoms with E-state index in [0.29, 0.717) is 11.7 Å².